The largest absolute Gasteiger partial charge is 0.493 e. The smallest absolute Gasteiger partial charge is 0.274 e. The van der Waals surface area contributed by atoms with E-state index < -0.39 is 9.84 Å². The van der Waals surface area contributed by atoms with Gasteiger partial charge in [-0.05, 0) is 61.3 Å². The van der Waals surface area contributed by atoms with E-state index in [9.17, 15) is 13.2 Å². The van der Waals surface area contributed by atoms with Crippen LogP contribution in [0.4, 0.5) is 0 Å². The van der Waals surface area contributed by atoms with Crippen LogP contribution in [0.25, 0.3) is 22.0 Å². The van der Waals surface area contributed by atoms with Gasteiger partial charge in [0.15, 0.2) is 9.84 Å². The van der Waals surface area contributed by atoms with Gasteiger partial charge >= 0.3 is 0 Å². The Morgan fingerprint density at radius 3 is 2.70 bits per heavy atom. The summed E-state index contributed by atoms with van der Waals surface area (Å²) in [4.78, 5) is 15.7. The van der Waals surface area contributed by atoms with Gasteiger partial charge in [-0.15, -0.1) is 0 Å². The fraction of sp³-hybridized carbons (Fsp3) is 0.435. The van der Waals surface area contributed by atoms with Crippen molar-refractivity contribution in [3.63, 3.8) is 0 Å². The topological polar surface area (TPSA) is 81.2 Å². The molecule has 5 rings (SSSR count). The number of ether oxygens (including phenoxy) is 1. The quantitative estimate of drug-likeness (QED) is 0.674. The zero-order chi connectivity index (χ0) is 21.0. The number of fused-ring (bicyclic) bond motifs is 3. The summed E-state index contributed by atoms with van der Waals surface area (Å²) < 4.78 is 32.2. The second-order valence-corrected chi connectivity index (χ2v) is 10.9. The molecule has 0 amide bonds. The summed E-state index contributed by atoms with van der Waals surface area (Å²) in [7, 11) is -1.68. The molecule has 6 nitrogen and oxygen atoms in total. The number of pyridine rings is 1. The summed E-state index contributed by atoms with van der Waals surface area (Å²) >= 11 is 0. The molecular formula is C23H26N2O4S. The third-order valence-electron chi connectivity index (χ3n) is 6.90. The Hall–Kier alpha value is -2.54. The van der Waals surface area contributed by atoms with Crippen molar-refractivity contribution in [3.05, 3.63) is 47.0 Å². The Morgan fingerprint density at radius 2 is 2.00 bits per heavy atom. The van der Waals surface area contributed by atoms with Gasteiger partial charge in [0.2, 0.25) is 0 Å². The maximum Gasteiger partial charge on any atom is 0.274 e. The summed E-state index contributed by atoms with van der Waals surface area (Å²) in [6, 6.07) is 6.87. The van der Waals surface area contributed by atoms with E-state index in [1.165, 1.54) is 36.5 Å². The van der Waals surface area contributed by atoms with Crippen molar-refractivity contribution in [3.8, 4) is 16.9 Å². The third kappa shape index (κ3) is 3.25. The molecule has 1 unspecified atom stereocenters. The van der Waals surface area contributed by atoms with E-state index in [0.717, 1.165) is 22.8 Å². The molecule has 2 saturated carbocycles. The molecule has 2 aliphatic rings. The fourth-order valence-electron chi connectivity index (χ4n) is 5.34. The molecule has 30 heavy (non-hydrogen) atoms. The molecule has 1 N–H and O–H groups in total. The molecule has 0 radical (unpaired) electrons. The minimum absolute atomic E-state index is 0.123. The molecule has 2 aromatic heterocycles. The van der Waals surface area contributed by atoms with Crippen LogP contribution in [-0.4, -0.2) is 30.8 Å². The third-order valence-corrected chi connectivity index (χ3v) is 8.01. The molecule has 158 valence electrons. The second-order valence-electron chi connectivity index (χ2n) is 8.90. The van der Waals surface area contributed by atoms with Crippen molar-refractivity contribution in [2.24, 2.45) is 24.8 Å². The lowest BCUT2D eigenvalue weighted by Crippen LogP contribution is -2.19. The minimum Gasteiger partial charge on any atom is -0.493 e. The number of H-pyrrole nitrogens is 1. The van der Waals surface area contributed by atoms with Gasteiger partial charge in [-0.25, -0.2) is 8.42 Å². The van der Waals surface area contributed by atoms with Crippen LogP contribution in [0.1, 0.15) is 25.7 Å². The number of hydrogen-bond donors (Lipinski definition) is 1. The summed E-state index contributed by atoms with van der Waals surface area (Å²) in [6.07, 6.45) is 9.87. The number of nitrogens with zero attached hydrogens (tertiary/aromatic N) is 1. The molecule has 2 aliphatic carbocycles. The fourth-order valence-corrected chi connectivity index (χ4v) is 5.98. The van der Waals surface area contributed by atoms with Crippen LogP contribution in [-0.2, 0) is 16.9 Å². The van der Waals surface area contributed by atoms with Crippen LogP contribution in [0.5, 0.6) is 5.75 Å². The van der Waals surface area contributed by atoms with E-state index >= 15 is 0 Å². The number of rotatable bonds is 5. The van der Waals surface area contributed by atoms with E-state index in [2.05, 4.69) is 4.98 Å². The number of aromatic amines is 1. The Labute approximate surface area is 175 Å². The molecule has 2 heterocycles. The molecule has 2 fully saturated rings. The monoisotopic (exact) mass is 426 g/mol. The molecular weight excluding hydrogens is 400 g/mol. The highest BCUT2D eigenvalue weighted by molar-refractivity contribution is 7.90. The molecule has 2 bridgehead atoms. The Balaban J connectivity index is 1.59. The average molecular weight is 427 g/mol. The predicted octanol–water partition coefficient (Wildman–Crippen LogP) is 3.75. The van der Waals surface area contributed by atoms with Crippen LogP contribution in [0.15, 0.2) is 46.3 Å². The number of nitrogens with one attached hydrogen (secondary N) is 1. The molecule has 7 heteroatoms. The van der Waals surface area contributed by atoms with Crippen molar-refractivity contribution in [2.45, 2.75) is 30.6 Å². The minimum atomic E-state index is -3.38. The average Bonchev–Trinajstić information content (AvgIpc) is 3.45. The normalized spacial score (nSPS) is 23.3. The predicted molar refractivity (Wildman–Crippen MR) is 117 cm³/mol. The number of aromatic nitrogens is 2. The van der Waals surface area contributed by atoms with Crippen LogP contribution >= 0.6 is 0 Å². The van der Waals surface area contributed by atoms with Gasteiger partial charge in [0.25, 0.3) is 5.56 Å². The first-order valence-corrected chi connectivity index (χ1v) is 12.3. The summed E-state index contributed by atoms with van der Waals surface area (Å²) in [5.41, 5.74) is 1.85. The lowest BCUT2D eigenvalue weighted by Gasteiger charge is -2.23. The van der Waals surface area contributed by atoms with Gasteiger partial charge < -0.3 is 14.3 Å². The van der Waals surface area contributed by atoms with E-state index in [0.29, 0.717) is 29.4 Å². The van der Waals surface area contributed by atoms with Gasteiger partial charge in [0.1, 0.15) is 11.3 Å². The van der Waals surface area contributed by atoms with E-state index in [1.807, 2.05) is 6.07 Å². The van der Waals surface area contributed by atoms with Crippen molar-refractivity contribution in [1.82, 2.24) is 9.55 Å². The Bertz CT molecular complexity index is 1290. The number of aryl methyl sites for hydroxylation is 1. The SMILES string of the molecule is Cn1cc(-c2cc(S(C)(=O)=O)ccc2OCC2C[C@H]3CC[C@H]2C3)c2cc[nH]c2c1=O. The highest BCUT2D eigenvalue weighted by Gasteiger charge is 2.39. The van der Waals surface area contributed by atoms with Crippen molar-refractivity contribution >= 4 is 20.7 Å². The summed E-state index contributed by atoms with van der Waals surface area (Å²) in [5.74, 6) is 2.83. The van der Waals surface area contributed by atoms with Gasteiger partial charge in [-0.1, -0.05) is 6.42 Å². The van der Waals surface area contributed by atoms with Gasteiger partial charge in [0.05, 0.1) is 11.5 Å². The lowest BCUT2D eigenvalue weighted by molar-refractivity contribution is 0.196. The van der Waals surface area contributed by atoms with E-state index in [4.69, 9.17) is 4.74 Å². The number of hydrogen-bond acceptors (Lipinski definition) is 4. The van der Waals surface area contributed by atoms with E-state index in [1.54, 1.807) is 37.6 Å². The highest BCUT2D eigenvalue weighted by Crippen LogP contribution is 2.48. The first-order chi connectivity index (χ1) is 14.3. The van der Waals surface area contributed by atoms with Crippen LogP contribution < -0.4 is 10.3 Å². The van der Waals surface area contributed by atoms with Crippen LogP contribution in [0, 0.1) is 17.8 Å². The zero-order valence-corrected chi connectivity index (χ0v) is 18.0. The molecule has 0 spiro atoms. The molecule has 1 aromatic carbocycles. The van der Waals surface area contributed by atoms with Crippen LogP contribution in [0.3, 0.4) is 0 Å². The number of benzene rings is 1. The van der Waals surface area contributed by atoms with Crippen molar-refractivity contribution in [1.29, 1.82) is 0 Å². The van der Waals surface area contributed by atoms with Crippen molar-refractivity contribution < 1.29 is 13.2 Å². The Kier molecular flexibility index (Phi) is 4.54. The summed E-state index contributed by atoms with van der Waals surface area (Å²) in [6.45, 7) is 0.647. The molecule has 0 aliphatic heterocycles. The van der Waals surface area contributed by atoms with Gasteiger partial charge in [0, 0.05) is 42.2 Å². The first-order valence-electron chi connectivity index (χ1n) is 10.5. The van der Waals surface area contributed by atoms with E-state index in [-0.39, 0.29) is 10.5 Å². The number of sulfone groups is 1. The standard InChI is InChI=1S/C23H26N2O4S/c1-25-12-20(18-7-8-24-22(18)23(25)26)19-11-17(30(2,27)28)5-6-21(19)29-13-16-10-14-3-4-15(16)9-14/h5-8,11-12,14-16,24H,3-4,9-10,13H2,1-2H3/t14-,15-,16?/m0/s1. The lowest BCUT2D eigenvalue weighted by atomic mass is 9.89. The van der Waals surface area contributed by atoms with Crippen molar-refractivity contribution in [2.75, 3.05) is 12.9 Å². The first kappa shape index (κ1) is 19.4. The zero-order valence-electron chi connectivity index (χ0n) is 17.2. The van der Waals surface area contributed by atoms with Crippen LogP contribution in [0.2, 0.25) is 0 Å². The Morgan fingerprint density at radius 1 is 1.17 bits per heavy atom. The second kappa shape index (κ2) is 7.01. The maximum absolute atomic E-state index is 12.5. The molecule has 3 aromatic rings. The van der Waals surface area contributed by atoms with Gasteiger partial charge in [-0.2, -0.15) is 0 Å². The van der Waals surface area contributed by atoms with Gasteiger partial charge in [-0.3, -0.25) is 4.79 Å². The summed E-state index contributed by atoms with van der Waals surface area (Å²) in [5, 5.41) is 0.758. The molecule has 0 saturated heterocycles. The molecule has 3 atom stereocenters. The highest BCUT2D eigenvalue weighted by atomic mass is 32.2. The maximum atomic E-state index is 12.5.